The highest BCUT2D eigenvalue weighted by Gasteiger charge is 2.52. The first-order valence-electron chi connectivity index (χ1n) is 10.7. The maximum atomic E-state index is 13.8. The van der Waals surface area contributed by atoms with E-state index < -0.39 is 69.4 Å². The summed E-state index contributed by atoms with van der Waals surface area (Å²) in [5.41, 5.74) is -5.92. The maximum absolute atomic E-state index is 13.8. The Kier molecular flexibility index (Phi) is 7.91. The molecule has 1 atom stereocenters. The molecule has 1 aromatic heterocycles. The lowest BCUT2D eigenvalue weighted by Gasteiger charge is -2.28. The Balaban J connectivity index is 2.11. The zero-order valence-electron chi connectivity index (χ0n) is 19.6. The van der Waals surface area contributed by atoms with Crippen LogP contribution in [0.5, 0.6) is 0 Å². The van der Waals surface area contributed by atoms with Crippen LogP contribution in [0.25, 0.3) is 10.4 Å². The van der Waals surface area contributed by atoms with E-state index in [-0.39, 0.29) is 28.5 Å². The molecule has 1 aliphatic heterocycles. The van der Waals surface area contributed by atoms with Gasteiger partial charge >= 0.3 is 6.18 Å². The number of aliphatic hydroxyl groups is 2. The molecule has 15 heteroatoms. The van der Waals surface area contributed by atoms with Crippen LogP contribution in [0.15, 0.2) is 12.1 Å². The van der Waals surface area contributed by atoms with Gasteiger partial charge in [-0.1, -0.05) is 35.3 Å². The molecule has 2 heterocycles. The van der Waals surface area contributed by atoms with Crippen molar-refractivity contribution in [3.63, 3.8) is 0 Å². The first-order valence-corrected chi connectivity index (χ1v) is 12.3. The lowest BCUT2D eigenvalue weighted by Crippen LogP contribution is -2.39. The summed E-state index contributed by atoms with van der Waals surface area (Å²) in [6.45, 7) is 2.00. The second-order valence-electron chi connectivity index (χ2n) is 9.38. The summed E-state index contributed by atoms with van der Waals surface area (Å²) in [4.78, 5) is 30.5. The highest BCUT2D eigenvalue weighted by atomic mass is 35.5. The Morgan fingerprint density at radius 1 is 1.16 bits per heavy atom. The molecule has 7 nitrogen and oxygen atoms in total. The molecule has 0 saturated carbocycles. The fourth-order valence-electron chi connectivity index (χ4n) is 3.43. The van der Waals surface area contributed by atoms with Gasteiger partial charge in [0.1, 0.15) is 5.69 Å². The van der Waals surface area contributed by atoms with Gasteiger partial charge < -0.3 is 20.4 Å². The molecule has 3 rings (SSSR count). The molecular formula is C22H22Cl2F5N3O4S. The van der Waals surface area contributed by atoms with Crippen molar-refractivity contribution in [3.8, 4) is 10.4 Å². The smallest absolute Gasteiger partial charge is 0.389 e. The Morgan fingerprint density at radius 3 is 2.30 bits per heavy atom. The maximum Gasteiger partial charge on any atom is 0.421 e. The van der Waals surface area contributed by atoms with Crippen molar-refractivity contribution in [2.75, 3.05) is 19.6 Å². The van der Waals surface area contributed by atoms with E-state index in [4.69, 9.17) is 23.2 Å². The van der Waals surface area contributed by atoms with E-state index in [9.17, 15) is 41.8 Å². The fraction of sp³-hybridized carbons (Fsp3) is 0.500. The van der Waals surface area contributed by atoms with Crippen LogP contribution in [-0.4, -0.2) is 69.2 Å². The molecule has 0 bridgehead atoms. The third-order valence-electron chi connectivity index (χ3n) is 5.57. The number of alkyl halides is 5. The highest BCUT2D eigenvalue weighted by molar-refractivity contribution is 7.17. The van der Waals surface area contributed by atoms with Crippen molar-refractivity contribution in [1.82, 2.24) is 15.2 Å². The number of hydrogen-bond acceptors (Lipinski definition) is 6. The third-order valence-corrected chi connectivity index (χ3v) is 7.54. The van der Waals surface area contributed by atoms with Gasteiger partial charge in [-0.2, -0.15) is 13.2 Å². The molecule has 0 radical (unpaired) electrons. The van der Waals surface area contributed by atoms with Gasteiger partial charge in [0.05, 0.1) is 27.1 Å². The van der Waals surface area contributed by atoms with E-state index in [1.807, 2.05) is 0 Å². The number of amides is 2. The van der Waals surface area contributed by atoms with E-state index in [1.165, 1.54) is 13.8 Å². The number of rotatable bonds is 6. The van der Waals surface area contributed by atoms with E-state index >= 15 is 0 Å². The van der Waals surface area contributed by atoms with Gasteiger partial charge in [-0.3, -0.25) is 9.59 Å². The largest absolute Gasteiger partial charge is 0.421 e. The average Bonchev–Trinajstić information content (AvgIpc) is 3.35. The van der Waals surface area contributed by atoms with Gasteiger partial charge in [-0.15, -0.1) is 11.3 Å². The van der Waals surface area contributed by atoms with Crippen LogP contribution in [0.1, 0.15) is 53.0 Å². The molecular weight excluding hydrogens is 568 g/mol. The van der Waals surface area contributed by atoms with Gasteiger partial charge in [-0.25, -0.2) is 13.8 Å². The van der Waals surface area contributed by atoms with Gasteiger partial charge in [0.2, 0.25) is 0 Å². The number of aromatic nitrogens is 1. The number of hydrogen-bond donors (Lipinski definition) is 3. The van der Waals surface area contributed by atoms with Crippen molar-refractivity contribution in [2.24, 2.45) is 0 Å². The molecule has 1 unspecified atom stereocenters. The van der Waals surface area contributed by atoms with Crippen LogP contribution in [0.2, 0.25) is 10.0 Å². The quantitative estimate of drug-likeness (QED) is 0.417. The van der Waals surface area contributed by atoms with E-state index in [2.05, 4.69) is 10.3 Å². The predicted molar refractivity (Wildman–Crippen MR) is 127 cm³/mol. The van der Waals surface area contributed by atoms with E-state index in [1.54, 1.807) is 0 Å². The molecule has 1 aromatic carbocycles. The molecule has 0 aliphatic carbocycles. The molecule has 0 spiro atoms. The van der Waals surface area contributed by atoms with Crippen LogP contribution < -0.4 is 5.32 Å². The van der Waals surface area contributed by atoms with Crippen molar-refractivity contribution in [3.05, 3.63) is 38.4 Å². The van der Waals surface area contributed by atoms with Gasteiger partial charge in [0.15, 0.2) is 10.6 Å². The van der Waals surface area contributed by atoms with E-state index in [0.717, 1.165) is 17.0 Å². The lowest BCUT2D eigenvalue weighted by atomic mass is 9.94. The molecule has 2 aromatic rings. The second kappa shape index (κ2) is 9.92. The molecule has 1 aliphatic rings. The minimum Gasteiger partial charge on any atom is -0.389 e. The standard InChI is InChI=1S/C22H22Cl2F5N3O4S/c1-19(2,35)8-30-16(33)17-31-14(18(34)32-7-6-21(25,26)9-32)15(37-17)10-4-5-11(13(24)12(10)23)20(3,36)22(27,28)29/h4-5,35-36H,6-9H2,1-3H3,(H,30,33). The fourth-order valence-corrected chi connectivity index (χ4v) is 5.10. The van der Waals surface area contributed by atoms with Crippen LogP contribution >= 0.6 is 34.5 Å². The number of carbonyl (C=O) groups excluding carboxylic acids is 2. The monoisotopic (exact) mass is 589 g/mol. The number of carbonyl (C=O) groups is 2. The van der Waals surface area contributed by atoms with Gasteiger partial charge in [0, 0.05) is 30.6 Å². The summed E-state index contributed by atoms with van der Waals surface area (Å²) >= 11 is 13.0. The normalized spacial score (nSPS) is 17.6. The number of halogens is 7. The minimum absolute atomic E-state index is 0.0956. The summed E-state index contributed by atoms with van der Waals surface area (Å²) in [7, 11) is 0. The zero-order chi connectivity index (χ0) is 28.1. The van der Waals surface area contributed by atoms with Crippen LogP contribution in [0, 0.1) is 0 Å². The Morgan fingerprint density at radius 2 is 1.78 bits per heavy atom. The first-order chi connectivity index (χ1) is 16.7. The summed E-state index contributed by atoms with van der Waals surface area (Å²) < 4.78 is 67.6. The van der Waals surface area contributed by atoms with Crippen molar-refractivity contribution >= 4 is 46.4 Å². The Hall–Kier alpha value is -2.06. The topological polar surface area (TPSA) is 103 Å². The lowest BCUT2D eigenvalue weighted by molar-refractivity contribution is -0.258. The Bertz CT molecular complexity index is 1230. The van der Waals surface area contributed by atoms with Gasteiger partial charge in [-0.05, 0) is 20.8 Å². The van der Waals surface area contributed by atoms with Crippen molar-refractivity contribution < 1.29 is 41.8 Å². The summed E-state index contributed by atoms with van der Waals surface area (Å²) in [5, 5.41) is 20.9. The highest BCUT2D eigenvalue weighted by Crippen LogP contribution is 2.47. The van der Waals surface area contributed by atoms with Gasteiger partial charge in [0.25, 0.3) is 17.7 Å². The summed E-state index contributed by atoms with van der Waals surface area (Å²) in [5.74, 6) is -4.86. The number of likely N-dealkylation sites (tertiary alicyclic amines) is 1. The molecule has 1 fully saturated rings. The minimum atomic E-state index is -5.10. The number of nitrogens with one attached hydrogen (secondary N) is 1. The summed E-state index contributed by atoms with van der Waals surface area (Å²) in [6, 6.07) is 1.92. The zero-order valence-corrected chi connectivity index (χ0v) is 22.0. The third kappa shape index (κ3) is 6.17. The van der Waals surface area contributed by atoms with E-state index in [0.29, 0.717) is 18.3 Å². The first kappa shape index (κ1) is 29.5. The number of thiazole rings is 1. The molecule has 3 N–H and O–H groups in total. The summed E-state index contributed by atoms with van der Waals surface area (Å²) in [6.07, 6.45) is -5.68. The van der Waals surface area contributed by atoms with Crippen LogP contribution in [0.4, 0.5) is 22.0 Å². The van der Waals surface area contributed by atoms with Crippen molar-refractivity contribution in [2.45, 2.75) is 50.5 Å². The predicted octanol–water partition coefficient (Wildman–Crippen LogP) is 4.87. The Labute approximate surface area is 222 Å². The molecule has 1 saturated heterocycles. The number of nitrogens with zero attached hydrogens (tertiary/aromatic N) is 2. The van der Waals surface area contributed by atoms with Crippen LogP contribution in [-0.2, 0) is 5.60 Å². The second-order valence-corrected chi connectivity index (χ2v) is 11.1. The van der Waals surface area contributed by atoms with Crippen molar-refractivity contribution in [1.29, 1.82) is 0 Å². The molecule has 2 amide bonds. The molecule has 204 valence electrons. The van der Waals surface area contributed by atoms with Crippen LogP contribution in [0.3, 0.4) is 0 Å². The SMILES string of the molecule is CC(C)(O)CNC(=O)c1nc(C(=O)N2CCC(F)(F)C2)c(-c2ccc(C(C)(O)C(F)(F)F)c(Cl)c2Cl)s1. The molecule has 37 heavy (non-hydrogen) atoms. The number of benzene rings is 1. The average molecular weight is 590 g/mol.